The molecule has 0 atom stereocenters. The number of nitrogens with zero attached hydrogens (tertiary/aromatic N) is 4. The molecule has 2 N–H and O–H groups in total. The van der Waals surface area contributed by atoms with Gasteiger partial charge in [-0.15, -0.1) is 34.2 Å². The molecule has 2 rings (SSSR count). The van der Waals surface area contributed by atoms with Gasteiger partial charge in [0.25, 0.3) is 0 Å². The smallest absolute Gasteiger partial charge is 0.191 e. The van der Waals surface area contributed by atoms with Gasteiger partial charge in [0.05, 0.1) is 0 Å². The maximum atomic E-state index is 4.31. The lowest BCUT2D eigenvalue weighted by Gasteiger charge is -2.28. The zero-order valence-corrected chi connectivity index (χ0v) is 19.7. The van der Waals surface area contributed by atoms with Gasteiger partial charge in [-0.1, -0.05) is 54.9 Å². The van der Waals surface area contributed by atoms with Gasteiger partial charge >= 0.3 is 0 Å². The number of nitrogens with one attached hydrogen (secondary N) is 2. The summed E-state index contributed by atoms with van der Waals surface area (Å²) >= 11 is 3.65. The number of aliphatic imine (C=N–C) groups is 1. The number of aromatic nitrogens is 3. The van der Waals surface area contributed by atoms with Gasteiger partial charge in [-0.05, 0) is 11.6 Å². The van der Waals surface area contributed by atoms with Gasteiger partial charge in [-0.3, -0.25) is 4.99 Å². The van der Waals surface area contributed by atoms with E-state index < -0.39 is 0 Å². The second kappa shape index (κ2) is 10.9. The lowest BCUT2D eigenvalue weighted by atomic mass is 9.84. The third kappa shape index (κ3) is 6.22. The molecular formula is C18H28BrIN6. The summed E-state index contributed by atoms with van der Waals surface area (Å²) in [5.41, 5.74) is 1.25. The van der Waals surface area contributed by atoms with Crippen molar-refractivity contribution >= 4 is 45.9 Å². The molecule has 0 fully saturated rings. The average Bonchev–Trinajstić information content (AvgIpc) is 3.05. The minimum atomic E-state index is -0.0264. The summed E-state index contributed by atoms with van der Waals surface area (Å²) in [6.07, 6.45) is 2.65. The number of aryl methyl sites for hydroxylation is 1. The monoisotopic (exact) mass is 534 g/mol. The lowest BCUT2D eigenvalue weighted by Crippen LogP contribution is -2.44. The summed E-state index contributed by atoms with van der Waals surface area (Å²) in [5.74, 6) is 1.80. The highest BCUT2D eigenvalue weighted by atomic mass is 127. The Hall–Kier alpha value is -1.16. The molecule has 26 heavy (non-hydrogen) atoms. The van der Waals surface area contributed by atoms with Crippen LogP contribution in [0.5, 0.6) is 0 Å². The molecular weight excluding hydrogens is 507 g/mol. The second-order valence-electron chi connectivity index (χ2n) is 6.51. The Labute approximate surface area is 181 Å². The first-order valence-corrected chi connectivity index (χ1v) is 9.33. The number of rotatable bonds is 7. The van der Waals surface area contributed by atoms with Gasteiger partial charge in [0, 0.05) is 43.0 Å². The number of hydrogen-bond acceptors (Lipinski definition) is 3. The summed E-state index contributed by atoms with van der Waals surface area (Å²) in [6.45, 7) is 8.88. The van der Waals surface area contributed by atoms with Gasteiger partial charge in [0.1, 0.15) is 12.2 Å². The molecule has 0 unspecified atom stereocenters. The van der Waals surface area contributed by atoms with Crippen LogP contribution in [-0.4, -0.2) is 40.9 Å². The highest BCUT2D eigenvalue weighted by Gasteiger charge is 2.23. The minimum Gasteiger partial charge on any atom is -0.356 e. The quantitative estimate of drug-likeness (QED) is 0.325. The molecule has 2 aromatic rings. The molecule has 8 heteroatoms. The van der Waals surface area contributed by atoms with Crippen LogP contribution >= 0.6 is 39.9 Å². The van der Waals surface area contributed by atoms with E-state index in [1.807, 2.05) is 6.07 Å². The van der Waals surface area contributed by atoms with Crippen molar-refractivity contribution in [1.82, 2.24) is 25.4 Å². The molecule has 0 aliphatic heterocycles. The number of benzene rings is 1. The van der Waals surface area contributed by atoms with Crippen molar-refractivity contribution in [3.05, 3.63) is 46.5 Å². The molecule has 1 aromatic heterocycles. The number of guanidine groups is 1. The molecule has 0 saturated heterocycles. The highest BCUT2D eigenvalue weighted by Crippen LogP contribution is 2.29. The van der Waals surface area contributed by atoms with Gasteiger partial charge in [-0.2, -0.15) is 0 Å². The van der Waals surface area contributed by atoms with E-state index in [4.69, 9.17) is 0 Å². The molecule has 0 aliphatic rings. The molecule has 0 saturated carbocycles. The second-order valence-corrected chi connectivity index (χ2v) is 7.36. The Kier molecular flexibility index (Phi) is 9.56. The topological polar surface area (TPSA) is 67.1 Å². The fraction of sp³-hybridized carbons (Fsp3) is 0.500. The summed E-state index contributed by atoms with van der Waals surface area (Å²) in [5, 5.41) is 14.8. The molecule has 6 nitrogen and oxygen atoms in total. The third-order valence-corrected chi connectivity index (χ3v) is 4.87. The van der Waals surface area contributed by atoms with Crippen molar-refractivity contribution in [3.63, 3.8) is 0 Å². The van der Waals surface area contributed by atoms with E-state index in [1.165, 1.54) is 5.56 Å². The zero-order chi connectivity index (χ0) is 18.3. The molecule has 144 valence electrons. The lowest BCUT2D eigenvalue weighted by molar-refractivity contribution is 0.505. The molecule has 0 radical (unpaired) electrons. The fourth-order valence-corrected chi connectivity index (χ4v) is 3.49. The van der Waals surface area contributed by atoms with Gasteiger partial charge in [-0.25, -0.2) is 0 Å². The van der Waals surface area contributed by atoms with Crippen molar-refractivity contribution in [2.45, 2.75) is 39.2 Å². The van der Waals surface area contributed by atoms with Crippen LogP contribution in [0.1, 0.15) is 32.2 Å². The largest absolute Gasteiger partial charge is 0.356 e. The number of halogens is 2. The van der Waals surface area contributed by atoms with E-state index >= 15 is 0 Å². The Bertz CT molecular complexity index is 713. The standard InChI is InChI=1S/C18H27BrN6.HI/c1-5-16-24-23-13-25(16)11-10-21-17(20-4)22-12-18(2,3)14-8-6-7-9-15(14)19;/h6-9,13H,5,10-12H2,1-4H3,(H2,20,21,22);1H. The van der Waals surface area contributed by atoms with Crippen LogP contribution in [0, 0.1) is 0 Å². The predicted octanol–water partition coefficient (Wildman–Crippen LogP) is 3.36. The van der Waals surface area contributed by atoms with Crippen LogP contribution < -0.4 is 10.6 Å². The Morgan fingerprint density at radius 3 is 2.65 bits per heavy atom. The van der Waals surface area contributed by atoms with E-state index in [0.717, 1.165) is 42.3 Å². The SMILES string of the molecule is CCc1nncn1CCNC(=NC)NCC(C)(C)c1ccccc1Br.I. The molecule has 0 spiro atoms. The van der Waals surface area contributed by atoms with Crippen LogP contribution in [0.25, 0.3) is 0 Å². The summed E-state index contributed by atoms with van der Waals surface area (Å²) in [7, 11) is 1.79. The number of hydrogen-bond donors (Lipinski definition) is 2. The molecule has 0 amide bonds. The summed E-state index contributed by atoms with van der Waals surface area (Å²) in [4.78, 5) is 4.31. The van der Waals surface area contributed by atoms with Crippen LogP contribution in [0.15, 0.2) is 40.1 Å². The maximum Gasteiger partial charge on any atom is 0.191 e. The van der Waals surface area contributed by atoms with Crippen molar-refractivity contribution in [2.75, 3.05) is 20.1 Å². The molecule has 1 aromatic carbocycles. The van der Waals surface area contributed by atoms with Crippen LogP contribution in [0.3, 0.4) is 0 Å². The molecule has 0 bridgehead atoms. The third-order valence-electron chi connectivity index (χ3n) is 4.18. The van der Waals surface area contributed by atoms with E-state index in [-0.39, 0.29) is 29.4 Å². The van der Waals surface area contributed by atoms with Crippen molar-refractivity contribution in [2.24, 2.45) is 4.99 Å². The average molecular weight is 535 g/mol. The minimum absolute atomic E-state index is 0. The molecule has 1 heterocycles. The van der Waals surface area contributed by atoms with E-state index in [1.54, 1.807) is 13.4 Å². The highest BCUT2D eigenvalue weighted by molar-refractivity contribution is 14.0. The van der Waals surface area contributed by atoms with Crippen molar-refractivity contribution in [3.8, 4) is 0 Å². The van der Waals surface area contributed by atoms with Gasteiger partial charge in [0.2, 0.25) is 0 Å². The summed E-state index contributed by atoms with van der Waals surface area (Å²) < 4.78 is 3.19. The van der Waals surface area contributed by atoms with Gasteiger partial charge < -0.3 is 15.2 Å². The predicted molar refractivity (Wildman–Crippen MR) is 121 cm³/mol. The van der Waals surface area contributed by atoms with E-state index in [2.05, 4.69) is 85.3 Å². The van der Waals surface area contributed by atoms with Crippen molar-refractivity contribution in [1.29, 1.82) is 0 Å². The normalized spacial score (nSPS) is 11.8. The summed E-state index contributed by atoms with van der Waals surface area (Å²) in [6, 6.07) is 8.33. The fourth-order valence-electron chi connectivity index (χ4n) is 2.66. The van der Waals surface area contributed by atoms with Gasteiger partial charge in [0.15, 0.2) is 5.96 Å². The first-order chi connectivity index (χ1) is 12.0. The van der Waals surface area contributed by atoms with E-state index in [0.29, 0.717) is 0 Å². The first-order valence-electron chi connectivity index (χ1n) is 8.54. The van der Waals surface area contributed by atoms with Crippen molar-refractivity contribution < 1.29 is 0 Å². The Morgan fingerprint density at radius 2 is 2.00 bits per heavy atom. The van der Waals surface area contributed by atoms with E-state index in [9.17, 15) is 0 Å². The van der Waals surface area contributed by atoms with Crippen LogP contribution in [0.4, 0.5) is 0 Å². The zero-order valence-electron chi connectivity index (χ0n) is 15.8. The Morgan fingerprint density at radius 1 is 1.27 bits per heavy atom. The van der Waals surface area contributed by atoms with Crippen LogP contribution in [-0.2, 0) is 18.4 Å². The maximum absolute atomic E-state index is 4.31. The van der Waals surface area contributed by atoms with Crippen LogP contribution in [0.2, 0.25) is 0 Å². The molecule has 0 aliphatic carbocycles. The first kappa shape index (κ1) is 22.9. The Balaban J connectivity index is 0.00000338.